The van der Waals surface area contributed by atoms with Crippen LogP contribution in [0.5, 0.6) is 0 Å². The fraction of sp³-hybridized carbons (Fsp3) is 0.538. The summed E-state index contributed by atoms with van der Waals surface area (Å²) in [6, 6.07) is 1.38. The first-order valence-electron chi connectivity index (χ1n) is 6.40. The van der Waals surface area contributed by atoms with E-state index in [1.165, 1.54) is 7.05 Å². The van der Waals surface area contributed by atoms with Crippen LogP contribution in [-0.2, 0) is 16.2 Å². The van der Waals surface area contributed by atoms with E-state index < -0.39 is 32.5 Å². The standard InChI is InChI=1S/C13H17F4NO2S/c1-4-9(5-2)18(3)21(19,20)10-6-7-12(14)11(8-10)13(15,16)17/h6-9H,4-5H2,1-3H3. The molecule has 0 radical (unpaired) electrons. The van der Waals surface area contributed by atoms with Gasteiger partial charge in [0.05, 0.1) is 10.5 Å². The number of sulfonamides is 1. The Balaban J connectivity index is 3.33. The average Bonchev–Trinajstić information content (AvgIpc) is 2.38. The van der Waals surface area contributed by atoms with Crippen LogP contribution in [0.25, 0.3) is 0 Å². The summed E-state index contributed by atoms with van der Waals surface area (Å²) in [6.07, 6.45) is -3.89. The number of rotatable bonds is 5. The third-order valence-corrected chi connectivity index (χ3v) is 5.28. The van der Waals surface area contributed by atoms with E-state index in [9.17, 15) is 26.0 Å². The van der Waals surface area contributed by atoms with E-state index in [1.807, 2.05) is 0 Å². The van der Waals surface area contributed by atoms with Crippen molar-refractivity contribution in [3.63, 3.8) is 0 Å². The molecule has 0 amide bonds. The number of hydrogen-bond acceptors (Lipinski definition) is 2. The zero-order valence-electron chi connectivity index (χ0n) is 11.9. The molecule has 0 bridgehead atoms. The lowest BCUT2D eigenvalue weighted by Crippen LogP contribution is -2.36. The van der Waals surface area contributed by atoms with Gasteiger partial charge in [0.15, 0.2) is 0 Å². The summed E-state index contributed by atoms with van der Waals surface area (Å²) < 4.78 is 76.9. The van der Waals surface area contributed by atoms with Gasteiger partial charge >= 0.3 is 6.18 Å². The van der Waals surface area contributed by atoms with Crippen molar-refractivity contribution in [3.8, 4) is 0 Å². The lowest BCUT2D eigenvalue weighted by atomic mass is 10.2. The molecule has 0 atom stereocenters. The van der Waals surface area contributed by atoms with Gasteiger partial charge in [-0.05, 0) is 31.0 Å². The molecule has 1 aromatic rings. The van der Waals surface area contributed by atoms with Crippen LogP contribution in [0.1, 0.15) is 32.3 Å². The van der Waals surface area contributed by atoms with Crippen LogP contribution >= 0.6 is 0 Å². The number of halogens is 4. The van der Waals surface area contributed by atoms with E-state index in [4.69, 9.17) is 0 Å². The van der Waals surface area contributed by atoms with Gasteiger partial charge in [-0.25, -0.2) is 12.8 Å². The first-order valence-corrected chi connectivity index (χ1v) is 7.84. The second-order valence-electron chi connectivity index (χ2n) is 4.63. The average molecular weight is 327 g/mol. The van der Waals surface area contributed by atoms with Crippen LogP contribution in [0.4, 0.5) is 17.6 Å². The van der Waals surface area contributed by atoms with Crippen LogP contribution in [0.3, 0.4) is 0 Å². The van der Waals surface area contributed by atoms with Gasteiger partial charge in [0.1, 0.15) is 5.82 Å². The highest BCUT2D eigenvalue weighted by atomic mass is 32.2. The molecule has 8 heteroatoms. The monoisotopic (exact) mass is 327 g/mol. The highest BCUT2D eigenvalue weighted by Gasteiger charge is 2.36. The lowest BCUT2D eigenvalue weighted by Gasteiger charge is -2.25. The SMILES string of the molecule is CCC(CC)N(C)S(=O)(=O)c1ccc(F)c(C(F)(F)F)c1. The predicted molar refractivity (Wildman–Crippen MR) is 70.7 cm³/mol. The maximum Gasteiger partial charge on any atom is 0.419 e. The smallest absolute Gasteiger partial charge is 0.207 e. The van der Waals surface area contributed by atoms with Crippen LogP contribution < -0.4 is 0 Å². The quantitative estimate of drug-likeness (QED) is 0.774. The summed E-state index contributed by atoms with van der Waals surface area (Å²) in [5.41, 5.74) is -1.58. The number of benzene rings is 1. The van der Waals surface area contributed by atoms with Gasteiger partial charge in [0.2, 0.25) is 10.0 Å². The Labute approximate surface area is 121 Å². The summed E-state index contributed by atoms with van der Waals surface area (Å²) >= 11 is 0. The largest absolute Gasteiger partial charge is 0.419 e. The van der Waals surface area contributed by atoms with Crippen molar-refractivity contribution in [2.75, 3.05) is 7.05 Å². The molecule has 0 aromatic heterocycles. The maximum atomic E-state index is 13.2. The molecule has 1 rings (SSSR count). The maximum absolute atomic E-state index is 13.2. The van der Waals surface area contributed by atoms with Gasteiger partial charge < -0.3 is 0 Å². The Morgan fingerprint density at radius 3 is 2.14 bits per heavy atom. The first-order chi connectivity index (χ1) is 9.55. The minimum Gasteiger partial charge on any atom is -0.207 e. The molecule has 3 nitrogen and oxygen atoms in total. The topological polar surface area (TPSA) is 37.4 Å². The number of hydrogen-bond donors (Lipinski definition) is 0. The molecule has 1 aromatic carbocycles. The van der Waals surface area contributed by atoms with E-state index in [0.29, 0.717) is 25.0 Å². The van der Waals surface area contributed by atoms with Crippen LogP contribution in [0.15, 0.2) is 23.1 Å². The first kappa shape index (κ1) is 17.9. The summed E-state index contributed by atoms with van der Waals surface area (Å²) in [5.74, 6) is -1.49. The van der Waals surface area contributed by atoms with Crippen molar-refractivity contribution >= 4 is 10.0 Å². The molecule has 0 aliphatic rings. The zero-order chi connectivity index (χ0) is 16.4. The normalized spacial score (nSPS) is 13.2. The molecule has 0 spiro atoms. The summed E-state index contributed by atoms with van der Waals surface area (Å²) in [5, 5.41) is 0. The van der Waals surface area contributed by atoms with E-state index in [-0.39, 0.29) is 6.04 Å². The fourth-order valence-corrected chi connectivity index (χ4v) is 3.58. The minimum atomic E-state index is -4.94. The highest BCUT2D eigenvalue weighted by Crippen LogP contribution is 2.33. The molecule has 0 heterocycles. The molecule has 0 unspecified atom stereocenters. The van der Waals surface area contributed by atoms with Crippen molar-refractivity contribution < 1.29 is 26.0 Å². The Morgan fingerprint density at radius 2 is 1.71 bits per heavy atom. The van der Waals surface area contributed by atoms with Gasteiger partial charge in [-0.2, -0.15) is 17.5 Å². The molecular weight excluding hydrogens is 310 g/mol. The molecule has 0 saturated carbocycles. The Bertz CT molecular complexity index is 595. The molecule has 0 aliphatic carbocycles. The summed E-state index contributed by atoms with van der Waals surface area (Å²) in [4.78, 5) is -0.564. The van der Waals surface area contributed by atoms with E-state index >= 15 is 0 Å². The minimum absolute atomic E-state index is 0.325. The molecule has 0 aliphatic heterocycles. The fourth-order valence-electron chi connectivity index (χ4n) is 2.05. The second-order valence-corrected chi connectivity index (χ2v) is 6.63. The molecule has 0 N–H and O–H groups in total. The molecule has 0 saturated heterocycles. The van der Waals surface area contributed by atoms with Gasteiger partial charge in [-0.15, -0.1) is 0 Å². The predicted octanol–water partition coefficient (Wildman–Crippen LogP) is 3.65. The van der Waals surface area contributed by atoms with Gasteiger partial charge in [-0.3, -0.25) is 0 Å². The van der Waals surface area contributed by atoms with Crippen LogP contribution in [-0.4, -0.2) is 25.8 Å². The van der Waals surface area contributed by atoms with Crippen molar-refractivity contribution in [1.29, 1.82) is 0 Å². The summed E-state index contributed by atoms with van der Waals surface area (Å²) in [7, 11) is -2.79. The van der Waals surface area contributed by atoms with Crippen molar-refractivity contribution in [3.05, 3.63) is 29.6 Å². The van der Waals surface area contributed by atoms with Crippen molar-refractivity contribution in [1.82, 2.24) is 4.31 Å². The number of alkyl halides is 3. The zero-order valence-corrected chi connectivity index (χ0v) is 12.7. The molecule has 21 heavy (non-hydrogen) atoms. The van der Waals surface area contributed by atoms with E-state index in [0.717, 1.165) is 10.4 Å². The van der Waals surface area contributed by atoms with E-state index in [2.05, 4.69) is 0 Å². The molecule has 0 fully saturated rings. The molecule has 120 valence electrons. The summed E-state index contributed by atoms with van der Waals surface area (Å²) in [6.45, 7) is 3.57. The second kappa shape index (κ2) is 6.31. The Hall–Kier alpha value is -1.15. The van der Waals surface area contributed by atoms with Crippen LogP contribution in [0, 0.1) is 5.82 Å². The molecular formula is C13H17F4NO2S. The van der Waals surface area contributed by atoms with E-state index in [1.54, 1.807) is 13.8 Å². The lowest BCUT2D eigenvalue weighted by molar-refractivity contribution is -0.140. The van der Waals surface area contributed by atoms with Gasteiger partial charge in [0, 0.05) is 13.1 Å². The third kappa shape index (κ3) is 3.74. The number of nitrogens with zero attached hydrogens (tertiary/aromatic N) is 1. The Morgan fingerprint density at radius 1 is 1.19 bits per heavy atom. The third-order valence-electron chi connectivity index (χ3n) is 3.38. The van der Waals surface area contributed by atoms with Gasteiger partial charge in [0.25, 0.3) is 0 Å². The van der Waals surface area contributed by atoms with Crippen molar-refractivity contribution in [2.24, 2.45) is 0 Å². The highest BCUT2D eigenvalue weighted by molar-refractivity contribution is 7.89. The Kier molecular flexibility index (Phi) is 5.38. The van der Waals surface area contributed by atoms with Crippen molar-refractivity contribution in [2.45, 2.75) is 43.8 Å². The van der Waals surface area contributed by atoms with Gasteiger partial charge in [-0.1, -0.05) is 13.8 Å². The van der Waals surface area contributed by atoms with Crippen LogP contribution in [0.2, 0.25) is 0 Å².